The number of fused-ring (bicyclic) bond motifs is 4. The Morgan fingerprint density at radius 2 is 1.39 bits per heavy atom. The molecule has 0 saturated heterocycles. The van der Waals surface area contributed by atoms with Crippen LogP contribution in [0.25, 0.3) is 61.3 Å². The molecule has 0 aliphatic carbocycles. The van der Waals surface area contributed by atoms with E-state index in [-0.39, 0.29) is 20.1 Å². The second kappa shape index (κ2) is 17.4. The molecule has 0 fully saturated rings. The third-order valence-corrected chi connectivity index (χ3v) is 13.2. The van der Waals surface area contributed by atoms with Gasteiger partial charge in [0.25, 0.3) is 0 Å². The fraction of sp³-hybridized carbons (Fsp3) is 0.208. The van der Waals surface area contributed by atoms with Crippen LogP contribution in [0.2, 0.25) is 19.6 Å². The molecule has 0 spiro atoms. The topological polar surface area (TPSA) is 43.9 Å². The van der Waals surface area contributed by atoms with Gasteiger partial charge in [-0.1, -0.05) is 137 Å². The number of hydrogen-bond acceptors (Lipinski definition) is 3. The SMILES string of the molecule is CC(C)c1cccc(C(C)C)c1-n1c(-c2[c-]ccc3c2oc2ccccc23)nc2ccccc21.Cc1ccccc1Cc1cc(-c2[c-]cccc2)ncc1[Si](C)(C)C.[Ir]. The van der Waals surface area contributed by atoms with Gasteiger partial charge < -0.3 is 14.0 Å². The van der Waals surface area contributed by atoms with Crippen LogP contribution in [-0.4, -0.2) is 22.6 Å². The van der Waals surface area contributed by atoms with Crippen LogP contribution in [-0.2, 0) is 26.5 Å². The second-order valence-corrected chi connectivity index (χ2v) is 21.9. The van der Waals surface area contributed by atoms with E-state index in [9.17, 15) is 0 Å². The zero-order valence-corrected chi connectivity index (χ0v) is 38.6. The third kappa shape index (κ3) is 8.40. The maximum atomic E-state index is 6.40. The molecule has 0 unspecified atom stereocenters. The number of rotatable bonds is 8. The first-order chi connectivity index (χ1) is 28.0. The summed E-state index contributed by atoms with van der Waals surface area (Å²) in [4.78, 5) is 9.90. The van der Waals surface area contributed by atoms with Crippen molar-refractivity contribution in [3.05, 3.63) is 180 Å². The average molecular weight is 966 g/mol. The number of aromatic nitrogens is 3. The minimum atomic E-state index is -1.45. The summed E-state index contributed by atoms with van der Waals surface area (Å²) in [6.07, 6.45) is 3.07. The Bertz CT molecular complexity index is 2860. The Balaban J connectivity index is 0.000000187. The molecule has 0 aliphatic rings. The molecule has 3 aromatic heterocycles. The fourth-order valence-electron chi connectivity index (χ4n) is 8.08. The van der Waals surface area contributed by atoms with Crippen molar-refractivity contribution in [1.82, 2.24) is 14.5 Å². The van der Waals surface area contributed by atoms with E-state index >= 15 is 0 Å². The molecule has 9 aromatic rings. The van der Waals surface area contributed by atoms with Crippen LogP contribution in [0.1, 0.15) is 67.3 Å². The Morgan fingerprint density at radius 3 is 2.10 bits per heavy atom. The Labute approximate surface area is 363 Å². The number of benzene rings is 6. The van der Waals surface area contributed by atoms with Crippen LogP contribution in [0, 0.1) is 19.1 Å². The third-order valence-electron chi connectivity index (χ3n) is 11.1. The average Bonchev–Trinajstić information content (AvgIpc) is 3.80. The van der Waals surface area contributed by atoms with Crippen LogP contribution in [0.15, 0.2) is 144 Å². The van der Waals surface area contributed by atoms with E-state index in [1.54, 1.807) is 0 Å². The molecule has 0 N–H and O–H groups in total. The maximum Gasteiger partial charge on any atom is 0.120 e. The number of para-hydroxylation sites is 4. The minimum Gasteiger partial charge on any atom is -0.501 e. The molecule has 6 heteroatoms. The van der Waals surface area contributed by atoms with Crippen LogP contribution in [0.5, 0.6) is 0 Å². The molecule has 0 aliphatic heterocycles. The van der Waals surface area contributed by atoms with E-state index in [1.807, 2.05) is 42.5 Å². The molecule has 0 amide bonds. The predicted octanol–water partition coefficient (Wildman–Crippen LogP) is 13.6. The molecule has 6 aromatic carbocycles. The van der Waals surface area contributed by atoms with Gasteiger partial charge in [-0.3, -0.25) is 4.98 Å². The zero-order chi connectivity index (χ0) is 40.6. The Morgan fingerprint density at radius 1 is 0.695 bits per heavy atom. The number of nitrogens with zero attached hydrogens (tertiary/aromatic N) is 3. The van der Waals surface area contributed by atoms with Gasteiger partial charge >= 0.3 is 0 Å². The summed E-state index contributed by atoms with van der Waals surface area (Å²) in [5.74, 6) is 1.60. The second-order valence-electron chi connectivity index (χ2n) is 16.9. The molecule has 0 saturated carbocycles. The van der Waals surface area contributed by atoms with Gasteiger partial charge in [0, 0.05) is 37.4 Å². The summed E-state index contributed by atoms with van der Waals surface area (Å²) >= 11 is 0. The van der Waals surface area contributed by atoms with Crippen molar-refractivity contribution in [2.45, 2.75) is 72.5 Å². The van der Waals surface area contributed by atoms with Gasteiger partial charge in [0.05, 0.1) is 30.5 Å². The molecule has 1 radical (unpaired) electrons. The van der Waals surface area contributed by atoms with Gasteiger partial charge in [-0.25, -0.2) is 0 Å². The summed E-state index contributed by atoms with van der Waals surface area (Å²) in [5.41, 5.74) is 14.7. The van der Waals surface area contributed by atoms with Crippen molar-refractivity contribution in [3.63, 3.8) is 0 Å². The minimum absolute atomic E-state index is 0. The normalized spacial score (nSPS) is 11.6. The number of hydrogen-bond donors (Lipinski definition) is 0. The molecular weight excluding hydrogens is 915 g/mol. The number of aryl methyl sites for hydroxylation is 1. The van der Waals surface area contributed by atoms with Gasteiger partial charge in [0.1, 0.15) is 5.58 Å². The van der Waals surface area contributed by atoms with Crippen molar-refractivity contribution in [1.29, 1.82) is 0 Å². The van der Waals surface area contributed by atoms with E-state index in [0.29, 0.717) is 11.8 Å². The van der Waals surface area contributed by atoms with Gasteiger partial charge in [0.2, 0.25) is 0 Å². The van der Waals surface area contributed by atoms with E-state index in [1.165, 1.54) is 38.7 Å². The summed E-state index contributed by atoms with van der Waals surface area (Å²) in [7, 11) is -1.45. The molecule has 0 bridgehead atoms. The van der Waals surface area contributed by atoms with Gasteiger partial charge in [-0.2, -0.15) is 0 Å². The van der Waals surface area contributed by atoms with Crippen molar-refractivity contribution in [2.24, 2.45) is 0 Å². The van der Waals surface area contributed by atoms with Gasteiger partial charge in [-0.05, 0) is 82.1 Å². The van der Waals surface area contributed by atoms with Crippen molar-refractivity contribution in [3.8, 4) is 28.3 Å². The maximum absolute atomic E-state index is 6.40. The molecule has 0 atom stereocenters. The van der Waals surface area contributed by atoms with Crippen LogP contribution < -0.4 is 5.19 Å². The van der Waals surface area contributed by atoms with E-state index in [4.69, 9.17) is 14.4 Å². The zero-order valence-electron chi connectivity index (χ0n) is 35.2. The smallest absolute Gasteiger partial charge is 0.120 e. The van der Waals surface area contributed by atoms with Crippen molar-refractivity contribution in [2.75, 3.05) is 0 Å². The molecule has 3 heterocycles. The molecule has 4 nitrogen and oxygen atoms in total. The monoisotopic (exact) mass is 966 g/mol. The summed E-state index contributed by atoms with van der Waals surface area (Å²) in [5, 5.41) is 3.65. The summed E-state index contributed by atoms with van der Waals surface area (Å²) in [6.45, 7) is 18.4. The molecule has 9 rings (SSSR count). The number of furan rings is 1. The largest absolute Gasteiger partial charge is 0.501 e. The molecular formula is C53H51IrN3OSi-2. The van der Waals surface area contributed by atoms with Gasteiger partial charge in [-0.15, -0.1) is 54.1 Å². The molecule has 59 heavy (non-hydrogen) atoms. The molecule has 299 valence electrons. The van der Waals surface area contributed by atoms with Crippen LogP contribution in [0.4, 0.5) is 0 Å². The van der Waals surface area contributed by atoms with E-state index < -0.39 is 8.07 Å². The van der Waals surface area contributed by atoms with Gasteiger partial charge in [0.15, 0.2) is 0 Å². The van der Waals surface area contributed by atoms with E-state index in [0.717, 1.165) is 62.0 Å². The first kappa shape index (κ1) is 41.8. The first-order valence-electron chi connectivity index (χ1n) is 20.4. The Hall–Kier alpha value is -5.39. The number of pyridine rings is 1. The van der Waals surface area contributed by atoms with Crippen molar-refractivity contribution < 1.29 is 24.5 Å². The standard InChI is InChI=1S/C31H27N2O.C22H24NSi.Ir/c1-19(2)21-12-9-13-22(20(3)4)29(21)33-27-17-7-6-16-26(27)32-31(33)25-15-10-14-24-23-11-5-8-18-28(23)34-30(24)25;1-17-10-8-9-13-19(17)14-20-15-21(18-11-6-5-7-12-18)23-16-22(20)24(2,3)4;/h5-14,16-20H,1-4H3;5-11,13,15-16H,14H2,1-4H3;/q2*-1;. The summed E-state index contributed by atoms with van der Waals surface area (Å²) in [6, 6.07) is 53.1. The number of imidazole rings is 1. The van der Waals surface area contributed by atoms with Crippen LogP contribution in [0.3, 0.4) is 0 Å². The quantitative estimate of drug-likeness (QED) is 0.113. The van der Waals surface area contributed by atoms with Crippen LogP contribution >= 0.6 is 0 Å². The predicted molar refractivity (Wildman–Crippen MR) is 246 cm³/mol. The first-order valence-corrected chi connectivity index (χ1v) is 23.9. The van der Waals surface area contributed by atoms with E-state index in [2.05, 4.69) is 168 Å². The van der Waals surface area contributed by atoms with Crippen molar-refractivity contribution >= 4 is 46.2 Å². The summed E-state index contributed by atoms with van der Waals surface area (Å²) < 4.78 is 8.73. The fourth-order valence-corrected chi connectivity index (χ4v) is 9.65. The Kier molecular flexibility index (Phi) is 12.3.